The van der Waals surface area contributed by atoms with Crippen LogP contribution in [0.2, 0.25) is 0 Å². The van der Waals surface area contributed by atoms with E-state index in [0.717, 1.165) is 10.6 Å². The second kappa shape index (κ2) is 8.10. The Bertz CT molecular complexity index is 1470. The smallest absolute Gasteiger partial charge is 0.407 e. The molecule has 0 aliphatic carbocycles. The van der Waals surface area contributed by atoms with Gasteiger partial charge in [-0.05, 0) is 32.0 Å². The fraction of sp³-hybridized carbons (Fsp3) is 0.238. The lowest BCUT2D eigenvalue weighted by molar-refractivity contribution is -0.384. The Morgan fingerprint density at radius 1 is 1.25 bits per heavy atom. The zero-order valence-corrected chi connectivity index (χ0v) is 17.3. The zero-order chi connectivity index (χ0) is 23.0. The van der Waals surface area contributed by atoms with Gasteiger partial charge >= 0.3 is 5.76 Å². The lowest BCUT2D eigenvalue weighted by atomic mass is 10.2. The number of para-hydroxylation sites is 1. The molecule has 0 bridgehead atoms. The van der Waals surface area contributed by atoms with Gasteiger partial charge in [-0.2, -0.15) is 0 Å². The first-order chi connectivity index (χ1) is 15.2. The van der Waals surface area contributed by atoms with E-state index in [4.69, 9.17) is 4.42 Å². The van der Waals surface area contributed by atoms with Gasteiger partial charge in [-0.25, -0.2) is 9.78 Å². The minimum Gasteiger partial charge on any atom is -0.407 e. The van der Waals surface area contributed by atoms with Gasteiger partial charge in [0.2, 0.25) is 5.91 Å². The number of benzene rings is 2. The van der Waals surface area contributed by atoms with Crippen LogP contribution in [0.5, 0.6) is 0 Å². The van der Waals surface area contributed by atoms with Crippen molar-refractivity contribution in [2.24, 2.45) is 0 Å². The van der Waals surface area contributed by atoms with Gasteiger partial charge in [0.05, 0.1) is 34.0 Å². The van der Waals surface area contributed by atoms with E-state index >= 15 is 0 Å². The number of nitro benzene ring substituents is 1. The number of oxazole rings is 1. The van der Waals surface area contributed by atoms with E-state index in [1.807, 2.05) is 0 Å². The van der Waals surface area contributed by atoms with E-state index in [1.54, 1.807) is 38.1 Å². The molecule has 164 valence electrons. The molecule has 0 saturated carbocycles. The number of carbonyl (C=O) groups is 1. The number of nitrogens with zero attached hydrogens (tertiary/aromatic N) is 4. The molecule has 2 aromatic carbocycles. The van der Waals surface area contributed by atoms with Crippen LogP contribution in [0.3, 0.4) is 0 Å². The monoisotopic (exact) mass is 437 g/mol. The number of H-pyrrole nitrogens is 1. The topological polar surface area (TPSA) is 144 Å². The van der Waals surface area contributed by atoms with Gasteiger partial charge in [0.1, 0.15) is 12.4 Å². The molecule has 4 aromatic rings. The Balaban J connectivity index is 1.64. The molecule has 11 heteroatoms. The third-order valence-electron chi connectivity index (χ3n) is 5.08. The lowest BCUT2D eigenvalue weighted by Gasteiger charge is -2.26. The molecule has 11 nitrogen and oxygen atoms in total. The summed E-state index contributed by atoms with van der Waals surface area (Å²) in [5, 5.41) is 11.4. The molecule has 1 amide bonds. The van der Waals surface area contributed by atoms with Crippen molar-refractivity contribution in [3.63, 3.8) is 0 Å². The average Bonchev–Trinajstić information content (AvgIpc) is 3.06. The van der Waals surface area contributed by atoms with Crippen LogP contribution < -0.4 is 11.3 Å². The van der Waals surface area contributed by atoms with Crippen LogP contribution in [0.25, 0.3) is 22.0 Å². The minimum absolute atomic E-state index is 0.0219. The van der Waals surface area contributed by atoms with Crippen LogP contribution in [0.15, 0.2) is 56.5 Å². The standard InChI is InChI=1S/C21H19N5O6/c1-12(2)24(10-18-22-15-6-4-3-5-14(15)20(28)23-18)19(27)11-25-16-8-7-13(26(30)31)9-17(16)32-21(25)29/h3-9,12H,10-11H2,1-2H3,(H,22,23,28). The number of rotatable bonds is 6. The maximum absolute atomic E-state index is 13.1. The molecule has 0 aliphatic heterocycles. The first-order valence-corrected chi connectivity index (χ1v) is 9.80. The highest BCUT2D eigenvalue weighted by Gasteiger charge is 2.22. The quantitative estimate of drug-likeness (QED) is 0.359. The fourth-order valence-corrected chi connectivity index (χ4v) is 3.47. The largest absolute Gasteiger partial charge is 0.420 e. The average molecular weight is 437 g/mol. The molecule has 32 heavy (non-hydrogen) atoms. The fourth-order valence-electron chi connectivity index (χ4n) is 3.47. The molecule has 0 saturated heterocycles. The maximum atomic E-state index is 13.1. The summed E-state index contributed by atoms with van der Waals surface area (Å²) in [5.74, 6) is -0.885. The number of non-ortho nitro benzene ring substituents is 1. The van der Waals surface area contributed by atoms with Gasteiger partial charge in [-0.1, -0.05) is 12.1 Å². The predicted octanol–water partition coefficient (Wildman–Crippen LogP) is 2.18. The van der Waals surface area contributed by atoms with Crippen molar-refractivity contribution in [3.8, 4) is 0 Å². The van der Waals surface area contributed by atoms with Gasteiger partial charge < -0.3 is 14.3 Å². The molecule has 0 unspecified atom stereocenters. The Hall–Kier alpha value is -4.28. The third kappa shape index (κ3) is 3.87. The SMILES string of the molecule is CC(C)N(Cc1nc2ccccc2c(=O)[nH]1)C(=O)Cn1c(=O)oc2cc([N+](=O)[O-])ccc21. The van der Waals surface area contributed by atoms with Crippen LogP contribution in [-0.2, 0) is 17.9 Å². The second-order valence-corrected chi connectivity index (χ2v) is 7.51. The van der Waals surface area contributed by atoms with Gasteiger partial charge in [0.25, 0.3) is 11.2 Å². The summed E-state index contributed by atoms with van der Waals surface area (Å²) in [5.41, 5.74) is 0.282. The van der Waals surface area contributed by atoms with Gasteiger partial charge in [-0.15, -0.1) is 0 Å². The molecule has 0 radical (unpaired) electrons. The number of aromatic nitrogens is 3. The van der Waals surface area contributed by atoms with E-state index < -0.39 is 16.6 Å². The number of nitro groups is 1. The van der Waals surface area contributed by atoms with E-state index in [-0.39, 0.29) is 41.5 Å². The summed E-state index contributed by atoms with van der Waals surface area (Å²) in [4.78, 5) is 56.7. The van der Waals surface area contributed by atoms with Crippen LogP contribution in [0, 0.1) is 10.1 Å². The van der Waals surface area contributed by atoms with Crippen LogP contribution >= 0.6 is 0 Å². The second-order valence-electron chi connectivity index (χ2n) is 7.51. The summed E-state index contributed by atoms with van der Waals surface area (Å²) in [7, 11) is 0. The maximum Gasteiger partial charge on any atom is 0.420 e. The van der Waals surface area contributed by atoms with Gasteiger partial charge in [0, 0.05) is 12.1 Å². The number of hydrogen-bond donors (Lipinski definition) is 1. The summed E-state index contributed by atoms with van der Waals surface area (Å²) in [6, 6.07) is 10.4. The van der Waals surface area contributed by atoms with Crippen LogP contribution in [0.4, 0.5) is 5.69 Å². The number of hydrogen-bond acceptors (Lipinski definition) is 7. The number of carbonyl (C=O) groups excluding carboxylic acids is 1. The first-order valence-electron chi connectivity index (χ1n) is 9.80. The summed E-state index contributed by atoms with van der Waals surface area (Å²) in [6.45, 7) is 3.31. The van der Waals surface area contributed by atoms with E-state index in [2.05, 4.69) is 9.97 Å². The molecule has 2 heterocycles. The lowest BCUT2D eigenvalue weighted by Crippen LogP contribution is -2.40. The van der Waals surface area contributed by atoms with Crippen LogP contribution in [0.1, 0.15) is 19.7 Å². The van der Waals surface area contributed by atoms with Crippen molar-refractivity contribution < 1.29 is 14.1 Å². The molecular formula is C21H19N5O6. The Morgan fingerprint density at radius 3 is 2.72 bits per heavy atom. The molecule has 4 rings (SSSR count). The van der Waals surface area contributed by atoms with E-state index in [1.165, 1.54) is 17.0 Å². The van der Waals surface area contributed by atoms with Crippen LogP contribution in [-0.4, -0.2) is 36.3 Å². The normalized spacial score (nSPS) is 11.3. The summed E-state index contributed by atoms with van der Waals surface area (Å²) < 4.78 is 6.20. The zero-order valence-electron chi connectivity index (χ0n) is 17.3. The Labute approximate surface area is 180 Å². The highest BCUT2D eigenvalue weighted by molar-refractivity contribution is 5.81. The minimum atomic E-state index is -0.796. The van der Waals surface area contributed by atoms with Crippen molar-refractivity contribution in [2.45, 2.75) is 33.0 Å². The third-order valence-corrected chi connectivity index (χ3v) is 5.08. The molecule has 1 N–H and O–H groups in total. The van der Waals surface area contributed by atoms with Crippen molar-refractivity contribution in [1.29, 1.82) is 0 Å². The number of aromatic amines is 1. The predicted molar refractivity (Wildman–Crippen MR) is 115 cm³/mol. The molecule has 0 spiro atoms. The van der Waals surface area contributed by atoms with Gasteiger partial charge in [0.15, 0.2) is 5.58 Å². The summed E-state index contributed by atoms with van der Waals surface area (Å²) in [6.07, 6.45) is 0. The van der Waals surface area contributed by atoms with Crippen molar-refractivity contribution >= 4 is 33.6 Å². The van der Waals surface area contributed by atoms with Crippen molar-refractivity contribution in [2.75, 3.05) is 0 Å². The Morgan fingerprint density at radius 2 is 2.00 bits per heavy atom. The van der Waals surface area contributed by atoms with E-state index in [0.29, 0.717) is 16.7 Å². The number of fused-ring (bicyclic) bond motifs is 2. The molecular weight excluding hydrogens is 418 g/mol. The molecule has 0 aliphatic rings. The molecule has 2 aromatic heterocycles. The van der Waals surface area contributed by atoms with Crippen molar-refractivity contribution in [1.82, 2.24) is 19.4 Å². The Kier molecular flexibility index (Phi) is 5.31. The first kappa shape index (κ1) is 21.0. The van der Waals surface area contributed by atoms with Gasteiger partial charge in [-0.3, -0.25) is 24.3 Å². The number of amides is 1. The highest BCUT2D eigenvalue weighted by Crippen LogP contribution is 2.20. The molecule has 0 fully saturated rings. The highest BCUT2D eigenvalue weighted by atomic mass is 16.6. The summed E-state index contributed by atoms with van der Waals surface area (Å²) >= 11 is 0. The molecule has 0 atom stereocenters. The number of nitrogens with one attached hydrogen (secondary N) is 1. The van der Waals surface area contributed by atoms with E-state index in [9.17, 15) is 24.5 Å². The van der Waals surface area contributed by atoms with Crippen molar-refractivity contribution in [3.05, 3.63) is 79.3 Å².